The van der Waals surface area contributed by atoms with Gasteiger partial charge in [-0.3, -0.25) is 4.57 Å². The van der Waals surface area contributed by atoms with Crippen LogP contribution in [0.4, 0.5) is 11.9 Å². The van der Waals surface area contributed by atoms with Crippen molar-refractivity contribution in [1.82, 2.24) is 24.5 Å². The minimum Gasteiger partial charge on any atom is -0.357 e. The SMILES string of the molecule is CNc1nc(NCc2cc(Br)cs2)nc(-n2ccnc2)n1. The fourth-order valence-corrected chi connectivity index (χ4v) is 3.05. The van der Waals surface area contributed by atoms with Gasteiger partial charge in [-0.25, -0.2) is 4.98 Å². The number of hydrogen-bond acceptors (Lipinski definition) is 7. The predicted octanol–water partition coefficient (Wildman–Crippen LogP) is 2.54. The van der Waals surface area contributed by atoms with E-state index in [1.165, 1.54) is 4.88 Å². The zero-order valence-electron chi connectivity index (χ0n) is 11.1. The second kappa shape index (κ2) is 6.19. The van der Waals surface area contributed by atoms with Crippen molar-refractivity contribution in [2.24, 2.45) is 0 Å². The third-order valence-electron chi connectivity index (χ3n) is 2.63. The highest BCUT2D eigenvalue weighted by atomic mass is 79.9. The van der Waals surface area contributed by atoms with Gasteiger partial charge in [-0.15, -0.1) is 11.3 Å². The molecule has 0 amide bonds. The van der Waals surface area contributed by atoms with Gasteiger partial charge in [-0.05, 0) is 22.0 Å². The molecule has 0 saturated carbocycles. The zero-order valence-corrected chi connectivity index (χ0v) is 13.5. The Hall–Kier alpha value is -2.00. The summed E-state index contributed by atoms with van der Waals surface area (Å²) in [5, 5.41) is 8.18. The van der Waals surface area contributed by atoms with Crippen LogP contribution in [-0.2, 0) is 6.54 Å². The van der Waals surface area contributed by atoms with Crippen LogP contribution in [0.1, 0.15) is 4.88 Å². The van der Waals surface area contributed by atoms with Gasteiger partial charge in [0.25, 0.3) is 0 Å². The molecule has 21 heavy (non-hydrogen) atoms. The van der Waals surface area contributed by atoms with E-state index in [0.717, 1.165) is 4.47 Å². The lowest BCUT2D eigenvalue weighted by molar-refractivity contribution is 0.892. The summed E-state index contributed by atoms with van der Waals surface area (Å²) in [5.74, 6) is 1.54. The first kappa shape index (κ1) is 14.0. The van der Waals surface area contributed by atoms with Gasteiger partial charge in [0.2, 0.25) is 17.8 Å². The Kier molecular flexibility index (Phi) is 4.11. The lowest BCUT2D eigenvalue weighted by atomic mass is 10.5. The molecule has 0 aromatic carbocycles. The summed E-state index contributed by atoms with van der Waals surface area (Å²) in [4.78, 5) is 18.2. The molecule has 108 valence electrons. The molecule has 0 unspecified atom stereocenters. The molecule has 0 radical (unpaired) electrons. The van der Waals surface area contributed by atoms with E-state index in [1.807, 2.05) is 5.38 Å². The van der Waals surface area contributed by atoms with Crippen molar-refractivity contribution in [3.05, 3.63) is 39.5 Å². The smallest absolute Gasteiger partial charge is 0.241 e. The largest absolute Gasteiger partial charge is 0.357 e. The molecule has 3 aromatic heterocycles. The van der Waals surface area contributed by atoms with Crippen LogP contribution in [0.25, 0.3) is 5.95 Å². The van der Waals surface area contributed by atoms with Gasteiger partial charge in [0.05, 0.1) is 6.54 Å². The molecular formula is C12H12BrN7S. The number of imidazole rings is 1. The Morgan fingerprint density at radius 2 is 2.14 bits per heavy atom. The summed E-state index contributed by atoms with van der Waals surface area (Å²) in [6.07, 6.45) is 5.11. The van der Waals surface area contributed by atoms with Gasteiger partial charge in [0.15, 0.2) is 0 Å². The Balaban J connectivity index is 1.82. The molecule has 0 atom stereocenters. The molecule has 0 aliphatic rings. The van der Waals surface area contributed by atoms with Crippen molar-refractivity contribution < 1.29 is 0 Å². The summed E-state index contributed by atoms with van der Waals surface area (Å²) in [6, 6.07) is 2.06. The van der Waals surface area contributed by atoms with Crippen molar-refractivity contribution >= 4 is 39.2 Å². The average Bonchev–Trinajstić information content (AvgIpc) is 3.16. The zero-order chi connectivity index (χ0) is 14.7. The van der Waals surface area contributed by atoms with E-state index in [9.17, 15) is 0 Å². The van der Waals surface area contributed by atoms with Gasteiger partial charge in [0.1, 0.15) is 6.33 Å². The first-order chi connectivity index (χ1) is 10.2. The Morgan fingerprint density at radius 3 is 2.81 bits per heavy atom. The molecule has 0 bridgehead atoms. The van der Waals surface area contributed by atoms with Crippen LogP contribution in [-0.4, -0.2) is 31.6 Å². The highest BCUT2D eigenvalue weighted by Crippen LogP contribution is 2.20. The second-order valence-electron chi connectivity index (χ2n) is 4.09. The van der Waals surface area contributed by atoms with Crippen LogP contribution < -0.4 is 10.6 Å². The van der Waals surface area contributed by atoms with E-state index in [4.69, 9.17) is 0 Å². The molecule has 2 N–H and O–H groups in total. The van der Waals surface area contributed by atoms with E-state index < -0.39 is 0 Å². The molecule has 7 nitrogen and oxygen atoms in total. The molecule has 0 saturated heterocycles. The van der Waals surface area contributed by atoms with Gasteiger partial charge in [-0.2, -0.15) is 15.0 Å². The molecule has 9 heteroatoms. The number of halogens is 1. The Labute approximate surface area is 133 Å². The molecule has 0 aliphatic carbocycles. The Morgan fingerprint density at radius 1 is 1.29 bits per heavy atom. The quantitative estimate of drug-likeness (QED) is 0.722. The lowest BCUT2D eigenvalue weighted by Crippen LogP contribution is -2.10. The number of aromatic nitrogens is 5. The van der Waals surface area contributed by atoms with Crippen LogP contribution in [0.15, 0.2) is 34.6 Å². The van der Waals surface area contributed by atoms with Gasteiger partial charge in [0, 0.05) is 34.2 Å². The molecule has 3 heterocycles. The van der Waals surface area contributed by atoms with Crippen LogP contribution in [0.2, 0.25) is 0 Å². The van der Waals surface area contributed by atoms with Gasteiger partial charge >= 0.3 is 0 Å². The summed E-state index contributed by atoms with van der Waals surface area (Å²) in [6.45, 7) is 0.660. The van der Waals surface area contributed by atoms with Crippen molar-refractivity contribution in [3.8, 4) is 5.95 Å². The van der Waals surface area contributed by atoms with E-state index in [0.29, 0.717) is 24.4 Å². The minimum absolute atomic E-state index is 0.503. The van der Waals surface area contributed by atoms with E-state index in [2.05, 4.69) is 52.6 Å². The number of nitrogens with zero attached hydrogens (tertiary/aromatic N) is 5. The number of hydrogen-bond donors (Lipinski definition) is 2. The highest BCUT2D eigenvalue weighted by Gasteiger charge is 2.07. The summed E-state index contributed by atoms with van der Waals surface area (Å²) < 4.78 is 2.81. The minimum atomic E-state index is 0.503. The van der Waals surface area contributed by atoms with Crippen LogP contribution in [0.5, 0.6) is 0 Å². The third-order valence-corrected chi connectivity index (χ3v) is 4.32. The van der Waals surface area contributed by atoms with Gasteiger partial charge < -0.3 is 10.6 Å². The number of anilines is 2. The molecule has 0 fully saturated rings. The summed E-state index contributed by atoms with van der Waals surface area (Å²) >= 11 is 5.11. The fourth-order valence-electron chi connectivity index (χ4n) is 1.66. The molecule has 0 aliphatic heterocycles. The molecule has 0 spiro atoms. The summed E-state index contributed by atoms with van der Waals surface area (Å²) in [7, 11) is 1.77. The second-order valence-corrected chi connectivity index (χ2v) is 6.00. The predicted molar refractivity (Wildman–Crippen MR) is 85.8 cm³/mol. The molecule has 3 rings (SSSR count). The first-order valence-electron chi connectivity index (χ1n) is 6.13. The molecule has 3 aromatic rings. The van der Waals surface area contributed by atoms with Gasteiger partial charge in [-0.1, -0.05) is 0 Å². The maximum absolute atomic E-state index is 4.39. The van der Waals surface area contributed by atoms with E-state index >= 15 is 0 Å². The molecular weight excluding hydrogens is 354 g/mol. The maximum Gasteiger partial charge on any atom is 0.241 e. The van der Waals surface area contributed by atoms with E-state index in [1.54, 1.807) is 41.7 Å². The summed E-state index contributed by atoms with van der Waals surface area (Å²) in [5.41, 5.74) is 0. The Bertz CT molecular complexity index is 725. The third kappa shape index (κ3) is 3.37. The number of rotatable bonds is 5. The lowest BCUT2D eigenvalue weighted by Gasteiger charge is -2.08. The first-order valence-corrected chi connectivity index (χ1v) is 7.81. The van der Waals surface area contributed by atoms with E-state index in [-0.39, 0.29) is 0 Å². The van der Waals surface area contributed by atoms with Crippen LogP contribution >= 0.6 is 27.3 Å². The number of thiophene rings is 1. The number of nitrogens with one attached hydrogen (secondary N) is 2. The van der Waals surface area contributed by atoms with Crippen LogP contribution in [0, 0.1) is 0 Å². The van der Waals surface area contributed by atoms with Crippen molar-refractivity contribution in [3.63, 3.8) is 0 Å². The topological polar surface area (TPSA) is 80.5 Å². The normalized spacial score (nSPS) is 10.6. The standard InChI is InChI=1S/C12H12BrN7S/c1-14-10-17-11(16-5-9-4-8(13)6-21-9)19-12(18-10)20-3-2-15-7-20/h2-4,6-7H,5H2,1H3,(H2,14,16,17,18,19). The maximum atomic E-state index is 4.39. The average molecular weight is 366 g/mol. The van der Waals surface area contributed by atoms with Crippen molar-refractivity contribution in [2.75, 3.05) is 17.7 Å². The van der Waals surface area contributed by atoms with Crippen molar-refractivity contribution in [1.29, 1.82) is 0 Å². The fraction of sp³-hybridized carbons (Fsp3) is 0.167. The monoisotopic (exact) mass is 365 g/mol. The van der Waals surface area contributed by atoms with Crippen LogP contribution in [0.3, 0.4) is 0 Å². The highest BCUT2D eigenvalue weighted by molar-refractivity contribution is 9.10. The van der Waals surface area contributed by atoms with Crippen molar-refractivity contribution in [2.45, 2.75) is 6.54 Å².